The zero-order chi connectivity index (χ0) is 16.8. The maximum atomic E-state index is 12.7. The maximum Gasteiger partial charge on any atom is 0.202 e. The highest BCUT2D eigenvalue weighted by atomic mass is 32.2. The topological polar surface area (TPSA) is 43.4 Å². The van der Waals surface area contributed by atoms with E-state index in [1.54, 1.807) is 12.1 Å². The molecule has 0 radical (unpaired) electrons. The Morgan fingerprint density at radius 1 is 0.708 bits per heavy atom. The lowest BCUT2D eigenvalue weighted by atomic mass is 10.1. The first-order chi connectivity index (χ1) is 11.7. The zero-order valence-electron chi connectivity index (χ0n) is 13.1. The van der Waals surface area contributed by atoms with Crippen molar-refractivity contribution < 1.29 is 13.2 Å². The Bertz CT molecular complexity index is 888. The highest BCUT2D eigenvalue weighted by molar-refractivity contribution is 7.91. The summed E-state index contributed by atoms with van der Waals surface area (Å²) >= 11 is 0. The number of benzene rings is 3. The third-order valence-corrected chi connectivity index (χ3v) is 5.16. The molecule has 0 bridgehead atoms. The van der Waals surface area contributed by atoms with E-state index in [0.717, 1.165) is 11.1 Å². The van der Waals surface area contributed by atoms with Gasteiger partial charge in [-0.25, -0.2) is 8.42 Å². The molecule has 0 heterocycles. The Morgan fingerprint density at radius 2 is 1.29 bits per heavy atom. The first-order valence-corrected chi connectivity index (χ1v) is 9.31. The first kappa shape index (κ1) is 16.4. The van der Waals surface area contributed by atoms with E-state index < -0.39 is 9.84 Å². The van der Waals surface area contributed by atoms with Crippen molar-refractivity contribution in [1.82, 2.24) is 0 Å². The number of hydrogen-bond acceptors (Lipinski definition) is 3. The van der Waals surface area contributed by atoms with Crippen LogP contribution in [0.5, 0.6) is 0 Å². The smallest absolute Gasteiger partial charge is 0.202 e. The number of rotatable bonds is 6. The molecule has 0 saturated heterocycles. The largest absolute Gasteiger partial charge is 0.360 e. The van der Waals surface area contributed by atoms with Gasteiger partial charge in [-0.15, -0.1) is 0 Å². The summed E-state index contributed by atoms with van der Waals surface area (Å²) in [6, 6.07) is 26.0. The van der Waals surface area contributed by atoms with Crippen LogP contribution in [-0.2, 0) is 21.2 Å². The van der Waals surface area contributed by atoms with Gasteiger partial charge in [0.1, 0.15) is 0 Å². The van der Waals surface area contributed by atoms with Crippen LogP contribution in [0.3, 0.4) is 0 Å². The Morgan fingerprint density at radius 3 is 2.00 bits per heavy atom. The van der Waals surface area contributed by atoms with Crippen molar-refractivity contribution in [2.75, 3.05) is 5.94 Å². The van der Waals surface area contributed by atoms with Crippen molar-refractivity contribution in [1.29, 1.82) is 0 Å². The van der Waals surface area contributed by atoms with E-state index in [4.69, 9.17) is 4.74 Å². The van der Waals surface area contributed by atoms with Gasteiger partial charge >= 0.3 is 0 Å². The molecule has 122 valence electrons. The summed E-state index contributed by atoms with van der Waals surface area (Å²) in [4.78, 5) is 0.296. The zero-order valence-corrected chi connectivity index (χ0v) is 13.9. The summed E-state index contributed by atoms with van der Waals surface area (Å²) < 4.78 is 30.8. The summed E-state index contributed by atoms with van der Waals surface area (Å²) in [5.41, 5.74) is 2.52. The highest BCUT2D eigenvalue weighted by Crippen LogP contribution is 2.27. The van der Waals surface area contributed by atoms with E-state index in [0.29, 0.717) is 10.5 Å². The van der Waals surface area contributed by atoms with Crippen LogP contribution >= 0.6 is 0 Å². The average molecular weight is 338 g/mol. The summed E-state index contributed by atoms with van der Waals surface area (Å²) in [7, 11) is -3.53. The number of sulfone groups is 1. The van der Waals surface area contributed by atoms with Gasteiger partial charge in [-0.05, 0) is 17.2 Å². The van der Waals surface area contributed by atoms with E-state index >= 15 is 0 Å². The Kier molecular flexibility index (Phi) is 5.08. The molecule has 4 heteroatoms. The van der Waals surface area contributed by atoms with Gasteiger partial charge in [-0.3, -0.25) is 0 Å². The standard InChI is InChI=1S/C20H18O3S/c21-24(22,16-23-15-17-9-3-1-4-10-17)20-14-8-7-13-19(20)18-11-5-2-6-12-18/h1-14H,15-16H2. The van der Waals surface area contributed by atoms with E-state index in [2.05, 4.69) is 0 Å². The number of ether oxygens (including phenoxy) is 1. The van der Waals surface area contributed by atoms with E-state index in [-0.39, 0.29) is 12.5 Å². The second-order valence-corrected chi connectivity index (χ2v) is 7.33. The van der Waals surface area contributed by atoms with Crippen LogP contribution in [0.2, 0.25) is 0 Å². The third-order valence-electron chi connectivity index (χ3n) is 3.66. The molecule has 0 aliphatic carbocycles. The molecule has 0 spiro atoms. The van der Waals surface area contributed by atoms with Gasteiger partial charge in [0.2, 0.25) is 9.84 Å². The summed E-state index contributed by atoms with van der Waals surface area (Å²) in [6.07, 6.45) is 0. The molecule has 3 aromatic carbocycles. The highest BCUT2D eigenvalue weighted by Gasteiger charge is 2.19. The van der Waals surface area contributed by atoms with Gasteiger partial charge in [0, 0.05) is 5.56 Å². The molecule has 0 aromatic heterocycles. The minimum atomic E-state index is -3.53. The molecule has 3 aromatic rings. The van der Waals surface area contributed by atoms with Gasteiger partial charge in [-0.2, -0.15) is 0 Å². The van der Waals surface area contributed by atoms with Crippen LogP contribution in [0.15, 0.2) is 89.8 Å². The third kappa shape index (κ3) is 3.91. The van der Waals surface area contributed by atoms with Crippen molar-refractivity contribution in [2.45, 2.75) is 11.5 Å². The van der Waals surface area contributed by atoms with Crippen LogP contribution in [0.1, 0.15) is 5.56 Å². The first-order valence-electron chi connectivity index (χ1n) is 7.66. The van der Waals surface area contributed by atoms with Gasteiger partial charge in [0.05, 0.1) is 11.5 Å². The van der Waals surface area contributed by atoms with E-state index in [9.17, 15) is 8.42 Å². The lowest BCUT2D eigenvalue weighted by Crippen LogP contribution is -2.11. The fraction of sp³-hybridized carbons (Fsp3) is 0.100. The maximum absolute atomic E-state index is 12.7. The second kappa shape index (κ2) is 7.43. The molecule has 0 atom stereocenters. The van der Waals surface area contributed by atoms with E-state index in [1.807, 2.05) is 72.8 Å². The predicted molar refractivity (Wildman–Crippen MR) is 95.2 cm³/mol. The Hall–Kier alpha value is -2.43. The molecule has 0 aliphatic heterocycles. The Balaban J connectivity index is 1.80. The van der Waals surface area contributed by atoms with Crippen LogP contribution in [-0.4, -0.2) is 14.4 Å². The van der Waals surface area contributed by atoms with Crippen molar-refractivity contribution in [3.8, 4) is 11.1 Å². The normalized spacial score (nSPS) is 11.3. The summed E-state index contributed by atoms with van der Waals surface area (Å²) in [5, 5.41) is 0. The van der Waals surface area contributed by atoms with E-state index in [1.165, 1.54) is 0 Å². The molecule has 0 N–H and O–H groups in total. The molecular weight excluding hydrogens is 320 g/mol. The monoisotopic (exact) mass is 338 g/mol. The van der Waals surface area contributed by atoms with Crippen LogP contribution in [0.4, 0.5) is 0 Å². The quantitative estimate of drug-likeness (QED) is 0.673. The van der Waals surface area contributed by atoms with Crippen LogP contribution in [0.25, 0.3) is 11.1 Å². The van der Waals surface area contributed by atoms with Crippen molar-refractivity contribution in [3.05, 3.63) is 90.5 Å². The molecule has 3 nitrogen and oxygen atoms in total. The molecular formula is C20H18O3S. The van der Waals surface area contributed by atoms with Crippen molar-refractivity contribution in [3.63, 3.8) is 0 Å². The Labute approximate surface area is 142 Å². The average Bonchev–Trinajstić information content (AvgIpc) is 2.63. The minimum Gasteiger partial charge on any atom is -0.360 e. The molecule has 0 amide bonds. The molecule has 24 heavy (non-hydrogen) atoms. The van der Waals surface area contributed by atoms with Crippen LogP contribution < -0.4 is 0 Å². The minimum absolute atomic E-state index is 0.271. The molecule has 0 saturated carbocycles. The number of hydrogen-bond donors (Lipinski definition) is 0. The van der Waals surface area contributed by atoms with Gasteiger partial charge in [0.15, 0.2) is 5.94 Å². The lowest BCUT2D eigenvalue weighted by molar-refractivity contribution is 0.163. The fourth-order valence-electron chi connectivity index (χ4n) is 2.50. The molecule has 3 rings (SSSR count). The molecule has 0 aliphatic rings. The SMILES string of the molecule is O=S(=O)(COCc1ccccc1)c1ccccc1-c1ccccc1. The van der Waals surface area contributed by atoms with Crippen molar-refractivity contribution in [2.24, 2.45) is 0 Å². The second-order valence-electron chi connectivity index (χ2n) is 5.43. The summed E-state index contributed by atoms with van der Waals surface area (Å²) in [5.74, 6) is -0.342. The predicted octanol–water partition coefficient (Wildman–Crippen LogP) is 4.30. The van der Waals surface area contributed by atoms with Crippen LogP contribution in [0, 0.1) is 0 Å². The molecule has 0 unspecified atom stereocenters. The van der Waals surface area contributed by atoms with Crippen molar-refractivity contribution >= 4 is 9.84 Å². The van der Waals surface area contributed by atoms with Gasteiger partial charge in [0.25, 0.3) is 0 Å². The van der Waals surface area contributed by atoms with Gasteiger partial charge < -0.3 is 4.74 Å². The van der Waals surface area contributed by atoms with Gasteiger partial charge in [-0.1, -0.05) is 78.9 Å². The summed E-state index contributed by atoms with van der Waals surface area (Å²) in [6.45, 7) is 0.271. The fourth-order valence-corrected chi connectivity index (χ4v) is 3.74. The lowest BCUT2D eigenvalue weighted by Gasteiger charge is -2.11. The molecule has 0 fully saturated rings.